The van der Waals surface area contributed by atoms with Gasteiger partial charge < -0.3 is 10.2 Å². The average molecular weight is 433 g/mol. The standard InChI is InChI=1S/C29H52O2/c1-19(2)29(7,31)15-12-20(3)23-10-11-24-22-9-8-21-18-26(4,30)16-17-27(21,5)25(22)13-14-28(23,24)6/h19-25,30-31H,8-18H2,1-7H3. The minimum atomic E-state index is -0.528. The van der Waals surface area contributed by atoms with E-state index in [0.29, 0.717) is 22.7 Å². The Morgan fingerprint density at radius 1 is 0.871 bits per heavy atom. The van der Waals surface area contributed by atoms with Gasteiger partial charge in [-0.2, -0.15) is 0 Å². The molecule has 4 fully saturated rings. The van der Waals surface area contributed by atoms with Crippen molar-refractivity contribution < 1.29 is 10.2 Å². The van der Waals surface area contributed by atoms with Crippen LogP contribution >= 0.6 is 0 Å². The third-order valence-corrected chi connectivity index (χ3v) is 12.1. The lowest BCUT2D eigenvalue weighted by Crippen LogP contribution is -2.55. The largest absolute Gasteiger partial charge is 0.390 e. The number of fused-ring (bicyclic) bond motifs is 5. The number of hydrogen-bond acceptors (Lipinski definition) is 2. The molecule has 0 radical (unpaired) electrons. The summed E-state index contributed by atoms with van der Waals surface area (Å²) in [4.78, 5) is 0. The first-order chi connectivity index (χ1) is 14.3. The van der Waals surface area contributed by atoms with E-state index in [9.17, 15) is 10.2 Å². The highest BCUT2D eigenvalue weighted by Crippen LogP contribution is 2.68. The van der Waals surface area contributed by atoms with Gasteiger partial charge in [-0.05, 0) is 137 Å². The predicted molar refractivity (Wildman–Crippen MR) is 130 cm³/mol. The molecule has 0 bridgehead atoms. The number of aliphatic hydroxyl groups is 2. The van der Waals surface area contributed by atoms with Gasteiger partial charge in [0.25, 0.3) is 0 Å². The third kappa shape index (κ3) is 4.05. The molecule has 4 aliphatic carbocycles. The third-order valence-electron chi connectivity index (χ3n) is 12.1. The molecule has 4 aliphatic rings. The Kier molecular flexibility index (Phi) is 6.21. The molecule has 31 heavy (non-hydrogen) atoms. The van der Waals surface area contributed by atoms with E-state index in [1.807, 2.05) is 6.92 Å². The van der Waals surface area contributed by atoms with Crippen molar-refractivity contribution in [2.75, 3.05) is 0 Å². The van der Waals surface area contributed by atoms with Crippen molar-refractivity contribution in [2.24, 2.45) is 52.3 Å². The molecular weight excluding hydrogens is 380 g/mol. The topological polar surface area (TPSA) is 40.5 Å². The molecule has 2 heteroatoms. The van der Waals surface area contributed by atoms with Crippen LogP contribution in [0.4, 0.5) is 0 Å². The summed E-state index contributed by atoms with van der Waals surface area (Å²) in [5.74, 6) is 5.32. The minimum Gasteiger partial charge on any atom is -0.390 e. The Hall–Kier alpha value is -0.0800. The highest BCUT2D eigenvalue weighted by atomic mass is 16.3. The lowest BCUT2D eigenvalue weighted by molar-refractivity contribution is -0.148. The van der Waals surface area contributed by atoms with Gasteiger partial charge in [0.1, 0.15) is 0 Å². The summed E-state index contributed by atoms with van der Waals surface area (Å²) in [6.07, 6.45) is 13.8. The van der Waals surface area contributed by atoms with Crippen molar-refractivity contribution in [3.05, 3.63) is 0 Å². The monoisotopic (exact) mass is 432 g/mol. The van der Waals surface area contributed by atoms with E-state index in [2.05, 4.69) is 41.5 Å². The average Bonchev–Trinajstić information content (AvgIpc) is 3.04. The Bertz CT molecular complexity index is 651. The molecule has 0 spiro atoms. The normalized spacial score (nSPS) is 50.3. The molecule has 2 N–H and O–H groups in total. The second-order valence-corrected chi connectivity index (χ2v) is 14.1. The van der Waals surface area contributed by atoms with E-state index in [1.165, 1.54) is 51.4 Å². The highest BCUT2D eigenvalue weighted by Gasteiger charge is 2.61. The maximum atomic E-state index is 10.8. The molecule has 0 amide bonds. The fraction of sp³-hybridized carbons (Fsp3) is 1.00. The minimum absolute atomic E-state index is 0.328. The highest BCUT2D eigenvalue weighted by molar-refractivity contribution is 5.10. The van der Waals surface area contributed by atoms with Crippen molar-refractivity contribution in [1.82, 2.24) is 0 Å². The number of hydrogen-bond donors (Lipinski definition) is 2. The molecule has 0 heterocycles. The van der Waals surface area contributed by atoms with Crippen LogP contribution < -0.4 is 0 Å². The Labute approximate surface area is 193 Å². The molecule has 0 aromatic carbocycles. The fourth-order valence-electron chi connectivity index (χ4n) is 9.42. The number of rotatable bonds is 5. The predicted octanol–water partition coefficient (Wildman–Crippen LogP) is 7.22. The van der Waals surface area contributed by atoms with Gasteiger partial charge in [0.15, 0.2) is 0 Å². The van der Waals surface area contributed by atoms with Crippen molar-refractivity contribution in [3.63, 3.8) is 0 Å². The lowest BCUT2D eigenvalue weighted by Gasteiger charge is -2.62. The van der Waals surface area contributed by atoms with Gasteiger partial charge in [0.05, 0.1) is 11.2 Å². The zero-order chi connectivity index (χ0) is 22.8. The van der Waals surface area contributed by atoms with Crippen molar-refractivity contribution in [2.45, 2.75) is 130 Å². The molecular formula is C29H52O2. The summed E-state index contributed by atoms with van der Waals surface area (Å²) in [6, 6.07) is 0. The maximum absolute atomic E-state index is 10.8. The summed E-state index contributed by atoms with van der Waals surface area (Å²) in [5.41, 5.74) is 0.0189. The summed E-state index contributed by atoms with van der Waals surface area (Å²) >= 11 is 0. The SMILES string of the molecule is CC(CCC(C)(O)C(C)C)C1CCC2C3CCC4CC(C)(O)CCC4(C)C3CCC12C. The van der Waals surface area contributed by atoms with Gasteiger partial charge in [-0.3, -0.25) is 0 Å². The van der Waals surface area contributed by atoms with Gasteiger partial charge in [0.2, 0.25) is 0 Å². The summed E-state index contributed by atoms with van der Waals surface area (Å²) in [7, 11) is 0. The summed E-state index contributed by atoms with van der Waals surface area (Å²) in [6.45, 7) is 16.2. The molecule has 0 aliphatic heterocycles. The molecule has 0 aromatic heterocycles. The Balaban J connectivity index is 1.47. The van der Waals surface area contributed by atoms with Crippen LogP contribution in [-0.4, -0.2) is 21.4 Å². The van der Waals surface area contributed by atoms with Gasteiger partial charge in [-0.1, -0.05) is 34.6 Å². The van der Waals surface area contributed by atoms with Crippen LogP contribution in [-0.2, 0) is 0 Å². The summed E-state index contributed by atoms with van der Waals surface area (Å²) in [5, 5.41) is 21.5. The van der Waals surface area contributed by atoms with Crippen LogP contribution in [0, 0.1) is 52.3 Å². The van der Waals surface area contributed by atoms with Crippen LogP contribution in [0.25, 0.3) is 0 Å². The first-order valence-corrected chi connectivity index (χ1v) is 13.7. The van der Waals surface area contributed by atoms with Crippen molar-refractivity contribution in [3.8, 4) is 0 Å². The smallest absolute Gasteiger partial charge is 0.0642 e. The van der Waals surface area contributed by atoms with Crippen LogP contribution in [0.3, 0.4) is 0 Å². The van der Waals surface area contributed by atoms with Crippen LogP contribution in [0.2, 0.25) is 0 Å². The second-order valence-electron chi connectivity index (χ2n) is 14.1. The van der Waals surface area contributed by atoms with E-state index < -0.39 is 11.2 Å². The zero-order valence-corrected chi connectivity index (χ0v) is 21.7. The van der Waals surface area contributed by atoms with Crippen molar-refractivity contribution in [1.29, 1.82) is 0 Å². The van der Waals surface area contributed by atoms with Gasteiger partial charge >= 0.3 is 0 Å². The molecule has 0 saturated heterocycles. The lowest BCUT2D eigenvalue weighted by atomic mass is 9.43. The Morgan fingerprint density at radius 3 is 2.23 bits per heavy atom. The molecule has 10 atom stereocenters. The molecule has 4 saturated carbocycles. The quantitative estimate of drug-likeness (QED) is 0.481. The zero-order valence-electron chi connectivity index (χ0n) is 21.7. The van der Waals surface area contributed by atoms with Crippen LogP contribution in [0.5, 0.6) is 0 Å². The molecule has 4 rings (SSSR count). The first kappa shape index (κ1) is 24.1. The molecule has 2 nitrogen and oxygen atoms in total. The molecule has 0 aromatic rings. The molecule has 10 unspecified atom stereocenters. The van der Waals surface area contributed by atoms with E-state index in [-0.39, 0.29) is 0 Å². The van der Waals surface area contributed by atoms with Crippen LogP contribution in [0.15, 0.2) is 0 Å². The van der Waals surface area contributed by atoms with E-state index in [1.54, 1.807) is 0 Å². The van der Waals surface area contributed by atoms with Gasteiger partial charge in [0, 0.05) is 0 Å². The van der Waals surface area contributed by atoms with E-state index in [4.69, 9.17) is 0 Å². The van der Waals surface area contributed by atoms with Gasteiger partial charge in [-0.15, -0.1) is 0 Å². The first-order valence-electron chi connectivity index (χ1n) is 13.7. The van der Waals surface area contributed by atoms with E-state index >= 15 is 0 Å². The van der Waals surface area contributed by atoms with Gasteiger partial charge in [-0.25, -0.2) is 0 Å². The molecule has 180 valence electrons. The fourth-order valence-corrected chi connectivity index (χ4v) is 9.42. The van der Waals surface area contributed by atoms with Crippen LogP contribution in [0.1, 0.15) is 119 Å². The summed E-state index contributed by atoms with van der Waals surface area (Å²) < 4.78 is 0. The van der Waals surface area contributed by atoms with E-state index in [0.717, 1.165) is 48.9 Å². The Morgan fingerprint density at radius 2 is 1.55 bits per heavy atom. The second kappa shape index (κ2) is 8.00. The van der Waals surface area contributed by atoms with Crippen molar-refractivity contribution >= 4 is 0 Å². The maximum Gasteiger partial charge on any atom is 0.0642 e.